The summed E-state index contributed by atoms with van der Waals surface area (Å²) < 4.78 is 93.3. The van der Waals surface area contributed by atoms with Crippen LogP contribution in [0, 0.1) is 17.6 Å². The Bertz CT molecular complexity index is 1280. The van der Waals surface area contributed by atoms with Crippen LogP contribution in [0.1, 0.15) is 55.6 Å². The van der Waals surface area contributed by atoms with E-state index in [0.717, 1.165) is 30.0 Å². The van der Waals surface area contributed by atoms with Crippen LogP contribution in [-0.2, 0) is 22.8 Å². The van der Waals surface area contributed by atoms with Gasteiger partial charge in [-0.2, -0.15) is 18.3 Å². The van der Waals surface area contributed by atoms with Gasteiger partial charge in [-0.25, -0.2) is 17.2 Å². The first-order valence-corrected chi connectivity index (χ1v) is 14.3. The molecule has 1 heterocycles. The summed E-state index contributed by atoms with van der Waals surface area (Å²) in [5.41, 5.74) is -2.78. The number of rotatable bonds is 8. The standard InChI is InChI=1S/C24H29ClF5N3O4S/c1-4-33-21(18-16(26)10-14(11-17(18)27)9-13(2)24(28,29)30)19(25)20(32-33)22(34)31-12-23(35)7-5-15(6-8-23)38(3,36)37/h10-11,13,15,35H,4-9,12H2,1-3H3,(H,31,34)/t13-,15-,23+/m1/s1. The number of nitrogens with one attached hydrogen (secondary N) is 1. The fourth-order valence-corrected chi connectivity index (χ4v) is 5.96. The third-order valence-corrected chi connectivity index (χ3v) is 8.94. The molecule has 2 N–H and O–H groups in total. The molecule has 1 atom stereocenters. The van der Waals surface area contributed by atoms with Gasteiger partial charge in [0.25, 0.3) is 5.91 Å². The van der Waals surface area contributed by atoms with Crippen molar-refractivity contribution in [3.8, 4) is 11.3 Å². The van der Waals surface area contributed by atoms with Gasteiger partial charge < -0.3 is 10.4 Å². The molecule has 1 fully saturated rings. The van der Waals surface area contributed by atoms with E-state index in [1.165, 1.54) is 0 Å². The monoisotopic (exact) mass is 585 g/mol. The average molecular weight is 586 g/mol. The number of alkyl halides is 3. The number of nitrogens with zero attached hydrogens (tertiary/aromatic N) is 2. The van der Waals surface area contributed by atoms with Crippen LogP contribution in [0.3, 0.4) is 0 Å². The zero-order valence-corrected chi connectivity index (χ0v) is 22.6. The molecule has 1 saturated carbocycles. The number of amides is 1. The van der Waals surface area contributed by atoms with Crippen molar-refractivity contribution in [3.63, 3.8) is 0 Å². The molecule has 3 rings (SSSR count). The van der Waals surface area contributed by atoms with Crippen molar-refractivity contribution in [2.24, 2.45) is 5.92 Å². The van der Waals surface area contributed by atoms with Gasteiger partial charge in [0.1, 0.15) is 21.5 Å². The van der Waals surface area contributed by atoms with Gasteiger partial charge in [-0.3, -0.25) is 9.48 Å². The summed E-state index contributed by atoms with van der Waals surface area (Å²) in [5, 5.41) is 16.4. The van der Waals surface area contributed by atoms with E-state index >= 15 is 8.78 Å². The summed E-state index contributed by atoms with van der Waals surface area (Å²) in [5.74, 6) is -4.95. The summed E-state index contributed by atoms with van der Waals surface area (Å²) in [6, 6.07) is 1.60. The van der Waals surface area contributed by atoms with Crippen LogP contribution in [0.15, 0.2) is 12.1 Å². The van der Waals surface area contributed by atoms with Crippen molar-refractivity contribution < 1.29 is 40.3 Å². The number of hydrogen-bond acceptors (Lipinski definition) is 5. The quantitative estimate of drug-likeness (QED) is 0.438. The van der Waals surface area contributed by atoms with Crippen molar-refractivity contribution >= 4 is 27.3 Å². The SMILES string of the molecule is CCn1nc(C(=O)NC[C@]2(O)CC[C@@H](S(C)(=O)=O)CC2)c(Cl)c1-c1c(F)cc(C[C@@H](C)C(F)(F)F)cc1F. The molecule has 0 bridgehead atoms. The van der Waals surface area contributed by atoms with E-state index < -0.39 is 62.3 Å². The molecule has 2 aromatic rings. The maximum atomic E-state index is 15.0. The lowest BCUT2D eigenvalue weighted by Gasteiger charge is -2.35. The second-order valence-corrected chi connectivity index (χ2v) is 12.5. The molecule has 0 saturated heterocycles. The molecule has 1 amide bonds. The van der Waals surface area contributed by atoms with E-state index in [2.05, 4.69) is 10.4 Å². The molecule has 0 radical (unpaired) electrons. The third-order valence-electron chi connectivity index (χ3n) is 6.90. The van der Waals surface area contributed by atoms with Crippen LogP contribution >= 0.6 is 11.6 Å². The molecule has 1 aromatic heterocycles. The fraction of sp³-hybridized carbons (Fsp3) is 0.583. The summed E-state index contributed by atoms with van der Waals surface area (Å²) in [4.78, 5) is 12.9. The molecule has 0 aliphatic heterocycles. The number of aromatic nitrogens is 2. The van der Waals surface area contributed by atoms with Gasteiger partial charge in [0.15, 0.2) is 5.69 Å². The van der Waals surface area contributed by atoms with E-state index in [-0.39, 0.29) is 60.7 Å². The summed E-state index contributed by atoms with van der Waals surface area (Å²) >= 11 is 6.34. The molecule has 14 heteroatoms. The second-order valence-electron chi connectivity index (χ2n) is 9.84. The van der Waals surface area contributed by atoms with Gasteiger partial charge in [0.2, 0.25) is 0 Å². The first-order valence-electron chi connectivity index (χ1n) is 12.0. The highest BCUT2D eigenvalue weighted by atomic mass is 35.5. The number of aliphatic hydroxyl groups is 1. The van der Waals surface area contributed by atoms with E-state index in [4.69, 9.17) is 11.6 Å². The summed E-state index contributed by atoms with van der Waals surface area (Å²) in [6.45, 7) is 2.34. The van der Waals surface area contributed by atoms with Gasteiger partial charge in [0.05, 0.1) is 33.0 Å². The minimum atomic E-state index is -4.53. The van der Waals surface area contributed by atoms with Crippen molar-refractivity contribution in [1.82, 2.24) is 15.1 Å². The number of halogens is 6. The Balaban J connectivity index is 1.82. The van der Waals surface area contributed by atoms with Gasteiger partial charge >= 0.3 is 6.18 Å². The van der Waals surface area contributed by atoms with Crippen molar-refractivity contribution in [3.05, 3.63) is 40.0 Å². The normalized spacial score (nSPS) is 21.4. The predicted octanol–water partition coefficient (Wildman–Crippen LogP) is 4.69. The van der Waals surface area contributed by atoms with Crippen LogP contribution in [0.25, 0.3) is 11.3 Å². The molecule has 0 unspecified atom stereocenters. The Morgan fingerprint density at radius 1 is 1.26 bits per heavy atom. The lowest BCUT2D eigenvalue weighted by molar-refractivity contribution is -0.169. The smallest absolute Gasteiger partial charge is 0.388 e. The number of carbonyl (C=O) groups excluding carboxylic acids is 1. The Hall–Kier alpha value is -2.25. The van der Waals surface area contributed by atoms with E-state index in [1.807, 2.05) is 0 Å². The largest absolute Gasteiger partial charge is 0.391 e. The maximum absolute atomic E-state index is 15.0. The molecular formula is C24H29ClF5N3O4S. The Morgan fingerprint density at radius 3 is 2.29 bits per heavy atom. The lowest BCUT2D eigenvalue weighted by atomic mass is 9.84. The maximum Gasteiger partial charge on any atom is 0.391 e. The number of sulfone groups is 1. The summed E-state index contributed by atoms with van der Waals surface area (Å²) in [7, 11) is -3.25. The highest BCUT2D eigenvalue weighted by Crippen LogP contribution is 2.37. The van der Waals surface area contributed by atoms with Crippen LogP contribution in [0.2, 0.25) is 5.02 Å². The van der Waals surface area contributed by atoms with Crippen LogP contribution in [0.5, 0.6) is 0 Å². The molecule has 1 aliphatic carbocycles. The topological polar surface area (TPSA) is 101 Å². The Labute approximate surface area is 222 Å². The van der Waals surface area contributed by atoms with Crippen molar-refractivity contribution in [2.75, 3.05) is 12.8 Å². The average Bonchev–Trinajstić information content (AvgIpc) is 3.12. The lowest BCUT2D eigenvalue weighted by Crippen LogP contribution is -2.47. The predicted molar refractivity (Wildman–Crippen MR) is 132 cm³/mol. The van der Waals surface area contributed by atoms with E-state index in [9.17, 15) is 31.5 Å². The fourth-order valence-electron chi connectivity index (χ4n) is 4.55. The van der Waals surface area contributed by atoms with Gasteiger partial charge in [0, 0.05) is 19.3 Å². The van der Waals surface area contributed by atoms with Crippen LogP contribution in [-0.4, -0.2) is 59.0 Å². The summed E-state index contributed by atoms with van der Waals surface area (Å²) in [6.07, 6.45) is -3.27. The van der Waals surface area contributed by atoms with Gasteiger partial charge in [-0.1, -0.05) is 18.5 Å². The number of carbonyl (C=O) groups is 1. The molecule has 212 valence electrons. The third kappa shape index (κ3) is 6.66. The molecule has 1 aliphatic rings. The highest BCUT2D eigenvalue weighted by Gasteiger charge is 2.38. The molecule has 7 nitrogen and oxygen atoms in total. The van der Waals surface area contributed by atoms with Crippen molar-refractivity contribution in [2.45, 2.75) is 69.5 Å². The Morgan fingerprint density at radius 2 is 1.82 bits per heavy atom. The zero-order chi connectivity index (χ0) is 28.6. The first-order chi connectivity index (χ1) is 17.5. The van der Waals surface area contributed by atoms with Gasteiger partial charge in [-0.15, -0.1) is 0 Å². The molecular weight excluding hydrogens is 557 g/mol. The molecule has 0 spiro atoms. The van der Waals surface area contributed by atoms with E-state index in [0.29, 0.717) is 0 Å². The molecule has 38 heavy (non-hydrogen) atoms. The van der Waals surface area contributed by atoms with Gasteiger partial charge in [-0.05, 0) is 56.7 Å². The Kier molecular flexibility index (Phi) is 8.84. The van der Waals surface area contributed by atoms with E-state index in [1.54, 1.807) is 6.92 Å². The zero-order valence-electron chi connectivity index (χ0n) is 21.0. The number of benzene rings is 1. The van der Waals surface area contributed by atoms with Crippen molar-refractivity contribution in [1.29, 1.82) is 0 Å². The first kappa shape index (κ1) is 30.3. The highest BCUT2D eigenvalue weighted by molar-refractivity contribution is 7.91. The number of aryl methyl sites for hydroxylation is 1. The molecule has 1 aromatic carbocycles. The number of hydrogen-bond donors (Lipinski definition) is 2. The van der Waals surface area contributed by atoms with Crippen LogP contribution in [0.4, 0.5) is 22.0 Å². The minimum absolute atomic E-state index is 0.0604. The minimum Gasteiger partial charge on any atom is -0.388 e. The van der Waals surface area contributed by atoms with Crippen LogP contribution < -0.4 is 5.32 Å². The second kappa shape index (κ2) is 11.1.